The average Bonchev–Trinajstić information content (AvgIpc) is 2.65. The molecule has 3 rings (SSSR count). The fraction of sp³-hybridized carbons (Fsp3) is 0.409. The van der Waals surface area contributed by atoms with E-state index in [4.69, 9.17) is 4.74 Å². The number of carbonyl (C=O) groups excluding carboxylic acids is 1. The second kappa shape index (κ2) is 8.82. The summed E-state index contributed by atoms with van der Waals surface area (Å²) in [7, 11) is 1.71. The molecular formula is C22H27NO2. The van der Waals surface area contributed by atoms with E-state index >= 15 is 0 Å². The number of ether oxygens (including phenoxy) is 1. The maximum atomic E-state index is 12.3. The smallest absolute Gasteiger partial charge is 0.137 e. The average molecular weight is 337 g/mol. The van der Waals surface area contributed by atoms with Gasteiger partial charge in [0.2, 0.25) is 0 Å². The molecule has 0 aliphatic heterocycles. The van der Waals surface area contributed by atoms with Crippen molar-refractivity contribution < 1.29 is 9.53 Å². The van der Waals surface area contributed by atoms with Crippen molar-refractivity contribution in [3.63, 3.8) is 0 Å². The van der Waals surface area contributed by atoms with Crippen LogP contribution in [-0.4, -0.2) is 24.3 Å². The van der Waals surface area contributed by atoms with Crippen LogP contribution in [0.5, 0.6) is 5.75 Å². The number of rotatable bonds is 7. The highest BCUT2D eigenvalue weighted by Crippen LogP contribution is 2.25. The lowest BCUT2D eigenvalue weighted by Gasteiger charge is -2.29. The molecule has 0 saturated heterocycles. The topological polar surface area (TPSA) is 29.5 Å². The van der Waals surface area contributed by atoms with Crippen LogP contribution in [0, 0.1) is 5.92 Å². The number of para-hydroxylation sites is 1. The Labute approximate surface area is 150 Å². The van der Waals surface area contributed by atoms with Crippen molar-refractivity contribution in [3.8, 4) is 5.75 Å². The van der Waals surface area contributed by atoms with E-state index in [1.54, 1.807) is 7.11 Å². The molecule has 0 amide bonds. The van der Waals surface area contributed by atoms with Crippen LogP contribution in [0.4, 0.5) is 0 Å². The van der Waals surface area contributed by atoms with Crippen molar-refractivity contribution in [3.05, 3.63) is 65.7 Å². The van der Waals surface area contributed by atoms with Crippen molar-refractivity contribution in [1.29, 1.82) is 0 Å². The first kappa shape index (κ1) is 17.7. The largest absolute Gasteiger partial charge is 0.496 e. The summed E-state index contributed by atoms with van der Waals surface area (Å²) in [5.74, 6) is 1.52. The molecule has 2 aromatic rings. The maximum absolute atomic E-state index is 12.3. The minimum atomic E-state index is 0.173. The lowest BCUT2D eigenvalue weighted by molar-refractivity contribution is -0.125. The van der Waals surface area contributed by atoms with Gasteiger partial charge in [0.05, 0.1) is 7.11 Å². The van der Waals surface area contributed by atoms with E-state index in [0.29, 0.717) is 5.78 Å². The summed E-state index contributed by atoms with van der Waals surface area (Å²) in [5.41, 5.74) is 2.45. The molecule has 0 spiro atoms. The second-order valence-corrected chi connectivity index (χ2v) is 6.88. The van der Waals surface area contributed by atoms with Crippen molar-refractivity contribution in [2.45, 2.75) is 38.8 Å². The molecule has 25 heavy (non-hydrogen) atoms. The van der Waals surface area contributed by atoms with Crippen LogP contribution in [0.15, 0.2) is 54.6 Å². The molecule has 2 aromatic carbocycles. The van der Waals surface area contributed by atoms with Crippen molar-refractivity contribution in [2.75, 3.05) is 13.7 Å². The summed E-state index contributed by atoms with van der Waals surface area (Å²) in [4.78, 5) is 14.7. The monoisotopic (exact) mass is 337 g/mol. The van der Waals surface area contributed by atoms with Gasteiger partial charge in [-0.1, -0.05) is 55.0 Å². The van der Waals surface area contributed by atoms with E-state index in [1.165, 1.54) is 17.5 Å². The first-order valence-electron chi connectivity index (χ1n) is 9.17. The van der Waals surface area contributed by atoms with Gasteiger partial charge in [0.25, 0.3) is 0 Å². The molecule has 1 saturated carbocycles. The molecule has 1 atom stereocenters. The second-order valence-electron chi connectivity index (χ2n) is 6.88. The number of benzene rings is 2. The molecule has 3 heteroatoms. The van der Waals surface area contributed by atoms with Crippen LogP contribution in [0.3, 0.4) is 0 Å². The molecule has 0 N–H and O–H groups in total. The first-order chi connectivity index (χ1) is 12.3. The molecule has 1 unspecified atom stereocenters. The number of nitrogens with zero attached hydrogens (tertiary/aromatic N) is 1. The van der Waals surface area contributed by atoms with Gasteiger partial charge in [-0.25, -0.2) is 0 Å². The SMILES string of the molecule is COc1ccccc1CN(Cc1ccccc1)CC1CCCCC1=O. The number of Topliss-reactive ketones (excluding diaryl/α,β-unsaturated/α-hetero) is 1. The number of carbonyl (C=O) groups is 1. The zero-order valence-corrected chi connectivity index (χ0v) is 15.0. The first-order valence-corrected chi connectivity index (χ1v) is 9.17. The van der Waals surface area contributed by atoms with E-state index in [1.807, 2.05) is 24.3 Å². The third-order valence-corrected chi connectivity index (χ3v) is 5.00. The summed E-state index contributed by atoms with van der Waals surface area (Å²) < 4.78 is 5.51. The third kappa shape index (κ3) is 4.93. The Kier molecular flexibility index (Phi) is 6.24. The van der Waals surface area contributed by atoms with Gasteiger partial charge in [-0.15, -0.1) is 0 Å². The van der Waals surface area contributed by atoms with Crippen LogP contribution in [-0.2, 0) is 17.9 Å². The predicted molar refractivity (Wildman–Crippen MR) is 101 cm³/mol. The molecular weight excluding hydrogens is 310 g/mol. The Morgan fingerprint density at radius 1 is 1.00 bits per heavy atom. The van der Waals surface area contributed by atoms with E-state index in [2.05, 4.69) is 35.2 Å². The summed E-state index contributed by atoms with van der Waals surface area (Å²) in [5, 5.41) is 0. The Morgan fingerprint density at radius 2 is 1.76 bits per heavy atom. The van der Waals surface area contributed by atoms with Gasteiger partial charge in [0.1, 0.15) is 11.5 Å². The molecule has 3 nitrogen and oxygen atoms in total. The minimum absolute atomic E-state index is 0.173. The standard InChI is InChI=1S/C22H27NO2/c1-25-22-14-8-6-12-20(22)17-23(15-18-9-3-2-4-10-18)16-19-11-5-7-13-21(19)24/h2-4,6,8-10,12,14,19H,5,7,11,13,15-17H2,1H3. The maximum Gasteiger partial charge on any atom is 0.137 e. The fourth-order valence-corrected chi connectivity index (χ4v) is 3.66. The van der Waals surface area contributed by atoms with Crippen LogP contribution >= 0.6 is 0 Å². The van der Waals surface area contributed by atoms with Gasteiger partial charge in [-0.05, 0) is 24.5 Å². The minimum Gasteiger partial charge on any atom is -0.496 e. The van der Waals surface area contributed by atoms with Crippen molar-refractivity contribution in [1.82, 2.24) is 4.90 Å². The zero-order chi connectivity index (χ0) is 17.5. The summed E-state index contributed by atoms with van der Waals surface area (Å²) in [6, 6.07) is 18.6. The van der Waals surface area contributed by atoms with Gasteiger partial charge in [0.15, 0.2) is 0 Å². The van der Waals surface area contributed by atoms with Crippen LogP contribution in [0.1, 0.15) is 36.8 Å². The van der Waals surface area contributed by atoms with Gasteiger partial charge in [0, 0.05) is 37.5 Å². The lowest BCUT2D eigenvalue weighted by Crippen LogP contribution is -2.34. The Morgan fingerprint density at radius 3 is 2.52 bits per heavy atom. The fourth-order valence-electron chi connectivity index (χ4n) is 3.66. The van der Waals surface area contributed by atoms with Gasteiger partial charge in [-0.2, -0.15) is 0 Å². The number of ketones is 1. The molecule has 132 valence electrons. The van der Waals surface area contributed by atoms with Crippen LogP contribution in [0.25, 0.3) is 0 Å². The number of hydrogen-bond acceptors (Lipinski definition) is 3. The Bertz CT molecular complexity index is 683. The van der Waals surface area contributed by atoms with Crippen LogP contribution < -0.4 is 4.74 Å². The zero-order valence-electron chi connectivity index (χ0n) is 15.0. The Balaban J connectivity index is 1.76. The highest BCUT2D eigenvalue weighted by molar-refractivity contribution is 5.81. The molecule has 1 aliphatic carbocycles. The highest BCUT2D eigenvalue weighted by atomic mass is 16.5. The van der Waals surface area contributed by atoms with Crippen molar-refractivity contribution in [2.24, 2.45) is 5.92 Å². The summed E-state index contributed by atoms with van der Waals surface area (Å²) in [6.45, 7) is 2.47. The molecule has 1 fully saturated rings. The molecule has 0 aromatic heterocycles. The number of hydrogen-bond donors (Lipinski definition) is 0. The summed E-state index contributed by atoms with van der Waals surface area (Å²) >= 11 is 0. The van der Waals surface area contributed by atoms with Gasteiger partial charge < -0.3 is 4.74 Å². The molecule has 0 radical (unpaired) electrons. The van der Waals surface area contributed by atoms with Crippen molar-refractivity contribution >= 4 is 5.78 Å². The van der Waals surface area contributed by atoms with Gasteiger partial charge >= 0.3 is 0 Å². The summed E-state index contributed by atoms with van der Waals surface area (Å²) in [6.07, 6.45) is 4.00. The van der Waals surface area contributed by atoms with Crippen LogP contribution in [0.2, 0.25) is 0 Å². The molecule has 1 aliphatic rings. The quantitative estimate of drug-likeness (QED) is 0.747. The van der Waals surface area contributed by atoms with Gasteiger partial charge in [-0.3, -0.25) is 9.69 Å². The highest BCUT2D eigenvalue weighted by Gasteiger charge is 2.25. The number of methoxy groups -OCH3 is 1. The molecule has 0 heterocycles. The molecule has 0 bridgehead atoms. The van der Waals surface area contributed by atoms with E-state index < -0.39 is 0 Å². The van der Waals surface area contributed by atoms with E-state index in [-0.39, 0.29) is 5.92 Å². The third-order valence-electron chi connectivity index (χ3n) is 5.00. The van der Waals surface area contributed by atoms with E-state index in [0.717, 1.165) is 44.6 Å². The lowest BCUT2D eigenvalue weighted by atomic mass is 9.87. The normalized spacial score (nSPS) is 17.7. The van der Waals surface area contributed by atoms with E-state index in [9.17, 15) is 4.79 Å². The predicted octanol–water partition coefficient (Wildman–Crippen LogP) is 4.46. The Hall–Kier alpha value is -2.13.